The number of aromatic nitrogens is 2. The summed E-state index contributed by atoms with van der Waals surface area (Å²) < 4.78 is 34.0. The van der Waals surface area contributed by atoms with Gasteiger partial charge < -0.3 is 15.4 Å². The largest absolute Gasteiger partial charge is 0.447 e. The minimum Gasteiger partial charge on any atom is -0.447 e. The highest BCUT2D eigenvalue weighted by molar-refractivity contribution is 7.89. The zero-order valence-electron chi connectivity index (χ0n) is 21.2. The molecule has 0 atom stereocenters. The van der Waals surface area contributed by atoms with E-state index in [4.69, 9.17) is 4.74 Å². The lowest BCUT2D eigenvalue weighted by Gasteiger charge is -2.28. The summed E-state index contributed by atoms with van der Waals surface area (Å²) in [6.07, 6.45) is 8.10. The van der Waals surface area contributed by atoms with Crippen LogP contribution in [-0.4, -0.2) is 43.2 Å². The molecule has 1 saturated carbocycles. The van der Waals surface area contributed by atoms with E-state index in [1.165, 1.54) is 11.3 Å². The van der Waals surface area contributed by atoms with E-state index in [0.717, 1.165) is 41.3 Å². The molecule has 198 valence electrons. The first-order chi connectivity index (χ1) is 17.7. The number of sulfonamides is 1. The van der Waals surface area contributed by atoms with Crippen molar-refractivity contribution in [1.82, 2.24) is 20.0 Å². The van der Waals surface area contributed by atoms with Crippen LogP contribution in [0.3, 0.4) is 0 Å². The Hall–Kier alpha value is -3.02. The Balaban J connectivity index is 1.52. The van der Waals surface area contributed by atoms with Crippen molar-refractivity contribution in [2.24, 2.45) is 0 Å². The second-order valence-corrected chi connectivity index (χ2v) is 12.1. The normalized spacial score (nSPS) is 17.9. The van der Waals surface area contributed by atoms with Crippen LogP contribution < -0.4 is 15.4 Å². The van der Waals surface area contributed by atoms with Gasteiger partial charge in [0.1, 0.15) is 0 Å². The van der Waals surface area contributed by atoms with Gasteiger partial charge in [-0.1, -0.05) is 13.0 Å². The summed E-state index contributed by atoms with van der Waals surface area (Å²) in [4.78, 5) is 21.7. The van der Waals surface area contributed by atoms with E-state index in [1.807, 2.05) is 38.1 Å². The van der Waals surface area contributed by atoms with Crippen LogP contribution in [0.4, 0.5) is 16.2 Å². The molecule has 1 aliphatic rings. The molecular formula is C26H33N5O4S2. The number of hydrogen-bond donors (Lipinski definition) is 3. The summed E-state index contributed by atoms with van der Waals surface area (Å²) in [6.45, 7) is 5.71. The van der Waals surface area contributed by atoms with Gasteiger partial charge in [-0.3, -0.25) is 4.98 Å². The number of rotatable bonds is 9. The van der Waals surface area contributed by atoms with Gasteiger partial charge >= 0.3 is 6.09 Å². The maximum absolute atomic E-state index is 13.1. The fourth-order valence-corrected chi connectivity index (χ4v) is 6.87. The second kappa shape index (κ2) is 12.0. The van der Waals surface area contributed by atoms with Crippen LogP contribution in [0.5, 0.6) is 0 Å². The van der Waals surface area contributed by atoms with E-state index in [-0.39, 0.29) is 35.6 Å². The van der Waals surface area contributed by atoms with Crippen molar-refractivity contribution in [3.05, 3.63) is 53.9 Å². The maximum atomic E-state index is 13.1. The maximum Gasteiger partial charge on any atom is 0.407 e. The number of amides is 1. The molecule has 1 fully saturated rings. The van der Waals surface area contributed by atoms with E-state index in [2.05, 4.69) is 25.3 Å². The number of anilines is 2. The van der Waals surface area contributed by atoms with Gasteiger partial charge in [0.2, 0.25) is 10.0 Å². The van der Waals surface area contributed by atoms with E-state index in [9.17, 15) is 13.2 Å². The standard InChI is InChI=1S/C26H33N5O4S2/c1-4-29-37(33,34)24-14-20(30-21-6-5-13-27-15-21)11-12-22(24)23-16-28-25(36-23)18-7-9-19(10-8-18)31-26(32)35-17(2)3/h5-6,11-19,29-30H,4,7-10H2,1-3H3,(H,31,32). The van der Waals surface area contributed by atoms with E-state index in [0.29, 0.717) is 11.3 Å². The van der Waals surface area contributed by atoms with Gasteiger partial charge in [0.25, 0.3) is 0 Å². The zero-order valence-corrected chi connectivity index (χ0v) is 22.9. The molecular weight excluding hydrogens is 510 g/mol. The van der Waals surface area contributed by atoms with E-state index >= 15 is 0 Å². The Morgan fingerprint density at radius 1 is 1.14 bits per heavy atom. The average molecular weight is 544 g/mol. The summed E-state index contributed by atoms with van der Waals surface area (Å²) in [5.74, 6) is 0.276. The molecule has 0 radical (unpaired) electrons. The van der Waals surface area contributed by atoms with E-state index in [1.54, 1.807) is 31.6 Å². The summed E-state index contributed by atoms with van der Waals surface area (Å²) in [7, 11) is -3.73. The lowest BCUT2D eigenvalue weighted by Crippen LogP contribution is -2.38. The highest BCUT2D eigenvalue weighted by atomic mass is 32.2. The first kappa shape index (κ1) is 27.0. The summed E-state index contributed by atoms with van der Waals surface area (Å²) in [5, 5.41) is 7.15. The third-order valence-corrected chi connectivity index (χ3v) is 8.86. The summed E-state index contributed by atoms with van der Waals surface area (Å²) in [6, 6.07) is 9.10. The third-order valence-electron chi connectivity index (χ3n) is 6.09. The minimum absolute atomic E-state index is 0.0960. The van der Waals surface area contributed by atoms with Gasteiger partial charge in [0.15, 0.2) is 0 Å². The van der Waals surface area contributed by atoms with Crippen LogP contribution in [0.2, 0.25) is 0 Å². The molecule has 0 unspecified atom stereocenters. The first-order valence-electron chi connectivity index (χ1n) is 12.5. The SMILES string of the molecule is CCNS(=O)(=O)c1cc(Nc2cccnc2)ccc1-c1cnc(C2CCC(NC(=O)OC(C)C)CC2)s1. The number of nitrogens with one attached hydrogen (secondary N) is 3. The number of nitrogens with zero attached hydrogens (tertiary/aromatic N) is 2. The van der Waals surface area contributed by atoms with Gasteiger partial charge in [0, 0.05) is 42.1 Å². The Morgan fingerprint density at radius 2 is 1.92 bits per heavy atom. The van der Waals surface area contributed by atoms with Crippen molar-refractivity contribution >= 4 is 38.8 Å². The van der Waals surface area contributed by atoms with Gasteiger partial charge in [-0.2, -0.15) is 0 Å². The predicted molar refractivity (Wildman–Crippen MR) is 146 cm³/mol. The smallest absolute Gasteiger partial charge is 0.407 e. The Morgan fingerprint density at radius 3 is 2.59 bits per heavy atom. The molecule has 0 spiro atoms. The lowest BCUT2D eigenvalue weighted by molar-refractivity contribution is 0.109. The van der Waals surface area contributed by atoms with Crippen LogP contribution >= 0.6 is 11.3 Å². The van der Waals surface area contributed by atoms with Crippen LogP contribution in [0.1, 0.15) is 57.4 Å². The molecule has 4 rings (SSSR count). The molecule has 1 aromatic carbocycles. The molecule has 11 heteroatoms. The van der Waals surface area contributed by atoms with Crippen molar-refractivity contribution in [1.29, 1.82) is 0 Å². The van der Waals surface area contributed by atoms with Crippen molar-refractivity contribution < 1.29 is 17.9 Å². The fourth-order valence-electron chi connectivity index (χ4n) is 4.40. The van der Waals surface area contributed by atoms with Crippen LogP contribution in [-0.2, 0) is 14.8 Å². The molecule has 9 nitrogen and oxygen atoms in total. The van der Waals surface area contributed by atoms with Crippen LogP contribution in [0, 0.1) is 0 Å². The average Bonchev–Trinajstić information content (AvgIpc) is 3.35. The highest BCUT2D eigenvalue weighted by Gasteiger charge is 2.27. The first-order valence-corrected chi connectivity index (χ1v) is 14.8. The van der Waals surface area contributed by atoms with Crippen molar-refractivity contribution in [3.8, 4) is 10.4 Å². The number of ether oxygens (including phenoxy) is 1. The topological polar surface area (TPSA) is 122 Å². The number of carbonyl (C=O) groups excluding carboxylic acids is 1. The summed E-state index contributed by atoms with van der Waals surface area (Å²) >= 11 is 1.53. The number of hydrogen-bond acceptors (Lipinski definition) is 8. The molecule has 0 bridgehead atoms. The molecule has 3 aromatic rings. The van der Waals surface area contributed by atoms with Crippen molar-refractivity contribution in [3.63, 3.8) is 0 Å². The molecule has 2 heterocycles. The zero-order chi connectivity index (χ0) is 26.4. The second-order valence-electron chi connectivity index (χ2n) is 9.29. The Labute approximate surface area is 222 Å². The quantitative estimate of drug-likeness (QED) is 0.330. The van der Waals surface area contributed by atoms with Crippen molar-refractivity contribution in [2.45, 2.75) is 69.4 Å². The minimum atomic E-state index is -3.73. The van der Waals surface area contributed by atoms with Gasteiger partial charge in [0.05, 0.1) is 32.8 Å². The molecule has 37 heavy (non-hydrogen) atoms. The number of thiazole rings is 1. The van der Waals surface area contributed by atoms with Gasteiger partial charge in [-0.25, -0.2) is 22.9 Å². The van der Waals surface area contributed by atoms with E-state index < -0.39 is 10.0 Å². The highest BCUT2D eigenvalue weighted by Crippen LogP contribution is 2.40. The predicted octanol–water partition coefficient (Wildman–Crippen LogP) is 5.41. The molecule has 3 N–H and O–H groups in total. The Kier molecular flexibility index (Phi) is 8.78. The molecule has 0 aliphatic heterocycles. The van der Waals surface area contributed by atoms with Crippen LogP contribution in [0.15, 0.2) is 53.8 Å². The van der Waals surface area contributed by atoms with Gasteiger partial charge in [-0.15, -0.1) is 11.3 Å². The molecule has 1 amide bonds. The van der Waals surface area contributed by atoms with Gasteiger partial charge in [-0.05, 0) is 63.8 Å². The number of benzene rings is 1. The number of carbonyl (C=O) groups is 1. The fraction of sp³-hybridized carbons (Fsp3) is 0.423. The van der Waals surface area contributed by atoms with Crippen LogP contribution in [0.25, 0.3) is 10.4 Å². The molecule has 2 aromatic heterocycles. The third kappa shape index (κ3) is 7.06. The van der Waals surface area contributed by atoms with Crippen molar-refractivity contribution in [2.75, 3.05) is 11.9 Å². The lowest BCUT2D eigenvalue weighted by atomic mass is 9.86. The summed E-state index contributed by atoms with van der Waals surface area (Å²) in [5.41, 5.74) is 2.04. The number of pyridine rings is 1. The molecule has 0 saturated heterocycles. The number of alkyl carbamates (subject to hydrolysis) is 1. The monoisotopic (exact) mass is 543 g/mol. The Bertz CT molecular complexity index is 1300. The molecule has 1 aliphatic carbocycles.